The van der Waals surface area contributed by atoms with E-state index in [0.717, 1.165) is 19.3 Å². The summed E-state index contributed by atoms with van der Waals surface area (Å²) in [7, 11) is -3.58. The summed E-state index contributed by atoms with van der Waals surface area (Å²) in [6.45, 7) is 10.5. The largest absolute Gasteiger partial charge is 0.349 e. The molecule has 0 aromatic heterocycles. The van der Waals surface area contributed by atoms with Crippen LogP contribution in [0.5, 0.6) is 0 Å². The minimum Gasteiger partial charge on any atom is -0.349 e. The summed E-state index contributed by atoms with van der Waals surface area (Å²) >= 11 is 0. The monoisotopic (exact) mass is 366 g/mol. The Morgan fingerprint density at radius 2 is 1.92 bits per heavy atom. The van der Waals surface area contributed by atoms with Gasteiger partial charge in [-0.1, -0.05) is 40.2 Å². The second kappa shape index (κ2) is 7.46. The Morgan fingerprint density at radius 3 is 2.44 bits per heavy atom. The molecule has 1 fully saturated rings. The van der Waals surface area contributed by atoms with Crippen molar-refractivity contribution in [2.24, 2.45) is 5.41 Å². The van der Waals surface area contributed by atoms with Gasteiger partial charge in [0.05, 0.1) is 4.90 Å². The average molecular weight is 367 g/mol. The van der Waals surface area contributed by atoms with Gasteiger partial charge in [-0.05, 0) is 42.9 Å². The van der Waals surface area contributed by atoms with Gasteiger partial charge < -0.3 is 5.32 Å². The molecule has 0 unspecified atom stereocenters. The highest BCUT2D eigenvalue weighted by Gasteiger charge is 2.35. The molecule has 1 saturated carbocycles. The fraction of sp³-hybridized carbons (Fsp3) is 0.632. The Hall–Kier alpha value is -1.40. The number of rotatable bonds is 6. The van der Waals surface area contributed by atoms with Crippen molar-refractivity contribution < 1.29 is 13.2 Å². The lowest BCUT2D eigenvalue weighted by atomic mass is 9.87. The van der Waals surface area contributed by atoms with Gasteiger partial charge in [0.15, 0.2) is 0 Å². The molecule has 25 heavy (non-hydrogen) atoms. The SMILES string of the molecule is CCN(CC)S(=O)(=O)c1cc(C(=O)N[C@H]2CCCC2(C)C)ccc1C. The summed E-state index contributed by atoms with van der Waals surface area (Å²) < 4.78 is 27.1. The molecule has 6 heteroatoms. The molecular formula is C19H30N2O3S. The second-order valence-electron chi connectivity index (χ2n) is 7.48. The summed E-state index contributed by atoms with van der Waals surface area (Å²) in [5.41, 5.74) is 1.14. The lowest BCUT2D eigenvalue weighted by molar-refractivity contribution is 0.0910. The molecule has 1 aromatic carbocycles. The van der Waals surface area contributed by atoms with Gasteiger partial charge in [0.25, 0.3) is 5.91 Å². The van der Waals surface area contributed by atoms with Crippen LogP contribution in [-0.2, 0) is 10.0 Å². The number of aryl methyl sites for hydroxylation is 1. The molecule has 0 aliphatic heterocycles. The summed E-state index contributed by atoms with van der Waals surface area (Å²) in [6, 6.07) is 5.06. The molecule has 1 aliphatic carbocycles. The van der Waals surface area contributed by atoms with Crippen molar-refractivity contribution in [1.29, 1.82) is 0 Å². The van der Waals surface area contributed by atoms with Crippen molar-refractivity contribution in [1.82, 2.24) is 9.62 Å². The predicted octanol–water partition coefficient (Wildman–Crippen LogP) is 3.33. The van der Waals surface area contributed by atoms with Crippen molar-refractivity contribution in [2.45, 2.75) is 64.8 Å². The molecule has 1 aliphatic rings. The van der Waals surface area contributed by atoms with Crippen LogP contribution in [0.2, 0.25) is 0 Å². The van der Waals surface area contributed by atoms with E-state index in [0.29, 0.717) is 24.2 Å². The number of amides is 1. The van der Waals surface area contributed by atoms with E-state index in [-0.39, 0.29) is 22.3 Å². The van der Waals surface area contributed by atoms with Gasteiger partial charge in [0.2, 0.25) is 10.0 Å². The first-order chi connectivity index (χ1) is 11.6. The van der Waals surface area contributed by atoms with Crippen molar-refractivity contribution in [3.05, 3.63) is 29.3 Å². The summed E-state index contributed by atoms with van der Waals surface area (Å²) in [6.07, 6.45) is 3.16. The lowest BCUT2D eigenvalue weighted by Gasteiger charge is -2.28. The molecule has 1 aromatic rings. The zero-order valence-electron chi connectivity index (χ0n) is 15.9. The van der Waals surface area contributed by atoms with E-state index >= 15 is 0 Å². The number of nitrogens with one attached hydrogen (secondary N) is 1. The minimum atomic E-state index is -3.58. The van der Waals surface area contributed by atoms with Crippen LogP contribution < -0.4 is 5.32 Å². The molecule has 0 radical (unpaired) electrons. The van der Waals surface area contributed by atoms with Crippen molar-refractivity contribution >= 4 is 15.9 Å². The van der Waals surface area contributed by atoms with Gasteiger partial charge in [-0.3, -0.25) is 4.79 Å². The quantitative estimate of drug-likeness (QED) is 0.840. The third-order valence-electron chi connectivity index (χ3n) is 5.34. The van der Waals surface area contributed by atoms with Gasteiger partial charge in [0, 0.05) is 24.7 Å². The Morgan fingerprint density at radius 1 is 1.28 bits per heavy atom. The lowest BCUT2D eigenvalue weighted by Crippen LogP contribution is -2.41. The van der Waals surface area contributed by atoms with Crippen LogP contribution in [0.4, 0.5) is 0 Å². The Kier molecular flexibility index (Phi) is 5.94. The van der Waals surface area contributed by atoms with E-state index in [1.54, 1.807) is 19.1 Å². The van der Waals surface area contributed by atoms with E-state index in [1.165, 1.54) is 10.4 Å². The van der Waals surface area contributed by atoms with E-state index in [4.69, 9.17) is 0 Å². The Balaban J connectivity index is 2.31. The first-order valence-electron chi connectivity index (χ1n) is 9.05. The maximum absolute atomic E-state index is 12.8. The summed E-state index contributed by atoms with van der Waals surface area (Å²) in [5.74, 6) is -0.198. The van der Waals surface area contributed by atoms with Crippen molar-refractivity contribution in [3.63, 3.8) is 0 Å². The smallest absolute Gasteiger partial charge is 0.251 e. The van der Waals surface area contributed by atoms with E-state index in [2.05, 4.69) is 19.2 Å². The molecular weight excluding hydrogens is 336 g/mol. The number of sulfonamides is 1. The van der Waals surface area contributed by atoms with Crippen LogP contribution >= 0.6 is 0 Å². The zero-order chi connectivity index (χ0) is 18.8. The first kappa shape index (κ1) is 19.9. The van der Waals surface area contributed by atoms with Gasteiger partial charge >= 0.3 is 0 Å². The fourth-order valence-electron chi connectivity index (χ4n) is 3.56. The molecule has 0 spiro atoms. The number of carbonyl (C=O) groups is 1. The van der Waals surface area contributed by atoms with Crippen LogP contribution in [0, 0.1) is 12.3 Å². The van der Waals surface area contributed by atoms with Gasteiger partial charge in [-0.25, -0.2) is 8.42 Å². The molecule has 0 bridgehead atoms. The topological polar surface area (TPSA) is 66.5 Å². The molecule has 1 amide bonds. The molecule has 2 rings (SSSR count). The summed E-state index contributed by atoms with van der Waals surface area (Å²) in [5, 5.41) is 3.09. The highest BCUT2D eigenvalue weighted by atomic mass is 32.2. The second-order valence-corrected chi connectivity index (χ2v) is 9.38. The first-order valence-corrected chi connectivity index (χ1v) is 10.5. The van der Waals surface area contributed by atoms with E-state index < -0.39 is 10.0 Å². The minimum absolute atomic E-state index is 0.0798. The molecule has 1 atom stereocenters. The fourth-order valence-corrected chi connectivity index (χ4v) is 5.27. The van der Waals surface area contributed by atoms with Crippen molar-refractivity contribution in [2.75, 3.05) is 13.1 Å². The van der Waals surface area contributed by atoms with E-state index in [9.17, 15) is 13.2 Å². The third kappa shape index (κ3) is 4.06. The Labute approximate surface area is 151 Å². The average Bonchev–Trinajstić information content (AvgIpc) is 2.87. The van der Waals surface area contributed by atoms with Gasteiger partial charge in [-0.2, -0.15) is 4.31 Å². The number of hydrogen-bond acceptors (Lipinski definition) is 3. The maximum Gasteiger partial charge on any atom is 0.251 e. The molecule has 1 N–H and O–H groups in total. The number of carbonyl (C=O) groups excluding carboxylic acids is 1. The predicted molar refractivity (Wildman–Crippen MR) is 100 cm³/mol. The highest BCUT2D eigenvalue weighted by molar-refractivity contribution is 7.89. The van der Waals surface area contributed by atoms with Crippen LogP contribution in [0.25, 0.3) is 0 Å². The number of hydrogen-bond donors (Lipinski definition) is 1. The van der Waals surface area contributed by atoms with Crippen LogP contribution in [0.3, 0.4) is 0 Å². The third-order valence-corrected chi connectivity index (χ3v) is 7.53. The highest BCUT2D eigenvalue weighted by Crippen LogP contribution is 2.37. The molecule has 140 valence electrons. The van der Waals surface area contributed by atoms with Crippen LogP contribution in [0.15, 0.2) is 23.1 Å². The number of nitrogens with zero attached hydrogens (tertiary/aromatic N) is 1. The van der Waals surface area contributed by atoms with Crippen LogP contribution in [-0.4, -0.2) is 37.8 Å². The molecule has 5 nitrogen and oxygen atoms in total. The van der Waals surface area contributed by atoms with Gasteiger partial charge in [0.1, 0.15) is 0 Å². The van der Waals surface area contributed by atoms with Crippen LogP contribution in [0.1, 0.15) is 62.9 Å². The maximum atomic E-state index is 12.8. The standard InChI is InChI=1S/C19H30N2O3S/c1-6-21(7-2)25(23,24)16-13-15(11-10-14(16)3)18(22)20-17-9-8-12-19(17,4)5/h10-11,13,17H,6-9,12H2,1-5H3,(H,20,22)/t17-/m0/s1. The van der Waals surface area contributed by atoms with E-state index in [1.807, 2.05) is 13.8 Å². The zero-order valence-corrected chi connectivity index (χ0v) is 16.7. The molecule has 0 saturated heterocycles. The van der Waals surface area contributed by atoms with Crippen molar-refractivity contribution in [3.8, 4) is 0 Å². The molecule has 0 heterocycles. The Bertz CT molecular complexity index is 737. The normalized spacial score (nSPS) is 20.0. The summed E-state index contributed by atoms with van der Waals surface area (Å²) in [4.78, 5) is 12.9. The van der Waals surface area contributed by atoms with Gasteiger partial charge in [-0.15, -0.1) is 0 Å². The number of benzene rings is 1.